The molecule has 0 aliphatic carbocycles. The van der Waals surface area contributed by atoms with Gasteiger partial charge in [-0.25, -0.2) is 29.9 Å². The lowest BCUT2D eigenvalue weighted by Crippen LogP contribution is -2.10. The van der Waals surface area contributed by atoms with Crippen LogP contribution in [0.25, 0.3) is 88.5 Å². The molecule has 0 radical (unpaired) electrons. The molecule has 6 heteroatoms. The average Bonchev–Trinajstić information content (AvgIpc) is 3.23. The molecule has 0 fully saturated rings. The fraction of sp³-hybridized carbons (Fsp3) is 0.160. The molecule has 0 saturated carbocycles. The highest BCUT2D eigenvalue weighted by Gasteiger charge is 2.17. The number of aromatic nitrogens is 6. The van der Waals surface area contributed by atoms with E-state index in [2.05, 4.69) is 126 Å². The van der Waals surface area contributed by atoms with Crippen molar-refractivity contribution >= 4 is 65.7 Å². The van der Waals surface area contributed by atoms with E-state index in [-0.39, 0.29) is 10.8 Å². The summed E-state index contributed by atoms with van der Waals surface area (Å²) in [6, 6.07) is 50.6. The van der Waals surface area contributed by atoms with Gasteiger partial charge in [-0.05, 0) is 79.9 Å². The number of rotatable bonds is 2. The number of hydrogen-bond acceptors (Lipinski definition) is 6. The van der Waals surface area contributed by atoms with Gasteiger partial charge in [0.1, 0.15) is 0 Å². The second kappa shape index (κ2) is 13.6. The van der Waals surface area contributed by atoms with E-state index in [0.29, 0.717) is 34.2 Å². The standard InChI is InChI=1S/C50H42N6/c1-49(2,3)41-27-37-25-39(29-41)47-53-43(31-15-9-7-10-16-31)51-45(55-47)36-22-14-20-34(24-36)38-26-40(30-42(28-38)50(4,5)6)48-54-44(32-17-11-8-12-18-32)52-46(56-48)35-21-13-19-33(37)23-35/h7-30H,1-6H3. The van der Waals surface area contributed by atoms with Gasteiger partial charge in [0, 0.05) is 32.7 Å². The Balaban J connectivity index is 1.53. The molecule has 6 aromatic carbocycles. The molecule has 56 heavy (non-hydrogen) atoms. The molecular weight excluding hydrogens is 685 g/mol. The largest absolute Gasteiger partial charge is 0.208 e. The van der Waals surface area contributed by atoms with Crippen molar-refractivity contribution in [3.63, 3.8) is 0 Å². The first-order valence-electron chi connectivity index (χ1n) is 19.1. The molecule has 12 bridgehead atoms. The molecule has 272 valence electrons. The van der Waals surface area contributed by atoms with Crippen LogP contribution in [0.5, 0.6) is 0 Å². The maximum Gasteiger partial charge on any atom is 0.164 e. The van der Waals surface area contributed by atoms with E-state index in [4.69, 9.17) is 29.9 Å². The maximum atomic E-state index is 5.22. The third kappa shape index (κ3) is 6.90. The van der Waals surface area contributed by atoms with Gasteiger partial charge in [0.05, 0.1) is 0 Å². The van der Waals surface area contributed by atoms with Gasteiger partial charge >= 0.3 is 0 Å². The smallest absolute Gasteiger partial charge is 0.164 e. The van der Waals surface area contributed by atoms with Gasteiger partial charge in [0.2, 0.25) is 0 Å². The number of hydrogen-bond donors (Lipinski definition) is 0. The molecule has 0 saturated heterocycles. The first-order valence-corrected chi connectivity index (χ1v) is 19.1. The number of benzene rings is 6. The van der Waals surface area contributed by atoms with Crippen molar-refractivity contribution < 1.29 is 0 Å². The van der Waals surface area contributed by atoms with E-state index in [9.17, 15) is 0 Å². The third-order valence-corrected chi connectivity index (χ3v) is 10.4. The van der Waals surface area contributed by atoms with Crippen LogP contribution < -0.4 is 0 Å². The van der Waals surface area contributed by atoms with Crippen LogP contribution in [0.2, 0.25) is 0 Å². The van der Waals surface area contributed by atoms with Crippen molar-refractivity contribution in [1.29, 1.82) is 0 Å². The highest BCUT2D eigenvalue weighted by molar-refractivity contribution is 5.97. The van der Waals surface area contributed by atoms with Crippen molar-refractivity contribution in [2.45, 2.75) is 52.4 Å². The van der Waals surface area contributed by atoms with Crippen LogP contribution in [0.15, 0.2) is 146 Å². The summed E-state index contributed by atoms with van der Waals surface area (Å²) in [4.78, 5) is 30.9. The molecule has 0 spiro atoms. The van der Waals surface area contributed by atoms with Gasteiger partial charge in [-0.3, -0.25) is 0 Å². The van der Waals surface area contributed by atoms with Crippen molar-refractivity contribution in [1.82, 2.24) is 29.9 Å². The van der Waals surface area contributed by atoms with Crippen LogP contribution in [0, 0.1) is 0 Å². The molecule has 0 unspecified atom stereocenters. The van der Waals surface area contributed by atoms with Crippen LogP contribution in [-0.2, 0) is 10.8 Å². The van der Waals surface area contributed by atoms with E-state index in [1.807, 2.05) is 60.7 Å². The predicted octanol–water partition coefficient (Wildman–Crippen LogP) is 12.6. The van der Waals surface area contributed by atoms with Gasteiger partial charge < -0.3 is 0 Å². The second-order valence-corrected chi connectivity index (χ2v) is 16.6. The Morgan fingerprint density at radius 2 is 0.607 bits per heavy atom. The van der Waals surface area contributed by atoms with E-state index in [1.165, 1.54) is 11.1 Å². The monoisotopic (exact) mass is 726 g/mol. The zero-order chi connectivity index (χ0) is 38.6. The molecular formula is C50H42N6. The lowest BCUT2D eigenvalue weighted by molar-refractivity contribution is 0.591. The minimum atomic E-state index is -0.141. The summed E-state index contributed by atoms with van der Waals surface area (Å²) < 4.78 is 0. The Morgan fingerprint density at radius 1 is 0.286 bits per heavy atom. The summed E-state index contributed by atoms with van der Waals surface area (Å²) in [6.07, 6.45) is 0. The van der Waals surface area contributed by atoms with Crippen molar-refractivity contribution in [3.8, 4) is 22.8 Å². The Labute approximate surface area is 326 Å². The molecule has 6 nitrogen and oxygen atoms in total. The van der Waals surface area contributed by atoms with Crippen LogP contribution in [0.4, 0.5) is 0 Å². The van der Waals surface area contributed by atoms with E-state index >= 15 is 0 Å². The molecule has 0 aliphatic rings. The van der Waals surface area contributed by atoms with Crippen molar-refractivity contribution in [3.05, 3.63) is 157 Å². The van der Waals surface area contributed by atoms with Crippen LogP contribution >= 0.6 is 0 Å². The Hall–Kier alpha value is -6.66. The van der Waals surface area contributed by atoms with Crippen molar-refractivity contribution in [2.75, 3.05) is 0 Å². The van der Waals surface area contributed by atoms with E-state index < -0.39 is 0 Å². The van der Waals surface area contributed by atoms with Gasteiger partial charge in [-0.2, -0.15) is 0 Å². The Morgan fingerprint density at radius 3 is 0.982 bits per heavy atom. The van der Waals surface area contributed by atoms with Crippen LogP contribution in [-0.4, -0.2) is 29.9 Å². The van der Waals surface area contributed by atoms with Crippen LogP contribution in [0.1, 0.15) is 52.7 Å². The lowest BCUT2D eigenvalue weighted by atomic mass is 9.85. The molecule has 0 amide bonds. The third-order valence-electron chi connectivity index (χ3n) is 10.4. The zero-order valence-electron chi connectivity index (χ0n) is 32.5. The predicted molar refractivity (Wildman–Crippen MR) is 233 cm³/mol. The van der Waals surface area contributed by atoms with Gasteiger partial charge in [0.15, 0.2) is 34.2 Å². The van der Waals surface area contributed by atoms with Crippen molar-refractivity contribution in [2.24, 2.45) is 0 Å². The van der Waals surface area contributed by atoms with E-state index in [0.717, 1.165) is 54.2 Å². The topological polar surface area (TPSA) is 77.3 Å². The highest BCUT2D eigenvalue weighted by Crippen LogP contribution is 2.32. The molecule has 0 N–H and O–H groups in total. The average molecular weight is 727 g/mol. The minimum absolute atomic E-state index is 0.141. The molecule has 0 aliphatic heterocycles. The molecule has 9 rings (SSSR count). The SMILES string of the molecule is CC(C)(C)c1cc2cc(c1)c1nc(-c3ccccc3)nc(n1)c1cccc(c1)c1cc(C(C)(C)C)cc(c1)c1nc(-c3ccccc3)nc(n1)c1cccc2c1. The first kappa shape index (κ1) is 35.1. The Kier molecular flexibility index (Phi) is 8.50. The fourth-order valence-corrected chi connectivity index (χ4v) is 7.09. The summed E-state index contributed by atoms with van der Waals surface area (Å²) in [5.74, 6) is 1.26. The first-order chi connectivity index (χ1) is 26.9. The van der Waals surface area contributed by atoms with Gasteiger partial charge in [-0.15, -0.1) is 0 Å². The second-order valence-electron chi connectivity index (χ2n) is 16.6. The zero-order valence-corrected chi connectivity index (χ0v) is 32.5. The fourth-order valence-electron chi connectivity index (χ4n) is 7.09. The Bertz CT molecular complexity index is 2880. The van der Waals surface area contributed by atoms with E-state index in [1.54, 1.807) is 0 Å². The lowest BCUT2D eigenvalue weighted by Gasteiger charge is -2.20. The molecule has 0 atom stereocenters. The number of nitrogens with zero attached hydrogens (tertiary/aromatic N) is 6. The summed E-state index contributed by atoms with van der Waals surface area (Å²) in [5.41, 5.74) is 6.41. The highest BCUT2D eigenvalue weighted by atomic mass is 15.0. The molecule has 3 aromatic heterocycles. The summed E-state index contributed by atoms with van der Waals surface area (Å²) in [7, 11) is 0. The maximum absolute atomic E-state index is 5.22. The van der Waals surface area contributed by atoms with Crippen LogP contribution in [0.3, 0.4) is 0 Å². The summed E-state index contributed by atoms with van der Waals surface area (Å²) >= 11 is 0. The molecule has 9 aromatic rings. The molecule has 3 heterocycles. The van der Waals surface area contributed by atoms with Gasteiger partial charge in [-0.1, -0.05) is 151 Å². The normalized spacial score (nSPS) is 12.1. The van der Waals surface area contributed by atoms with Gasteiger partial charge in [0.25, 0.3) is 0 Å². The summed E-state index contributed by atoms with van der Waals surface area (Å²) in [5, 5.41) is 7.85. The minimum Gasteiger partial charge on any atom is -0.208 e. The number of fused-ring (bicyclic) bond motifs is 18. The summed E-state index contributed by atoms with van der Waals surface area (Å²) in [6.45, 7) is 13.4. The quantitative estimate of drug-likeness (QED) is 0.176.